The van der Waals surface area contributed by atoms with Gasteiger partial charge in [-0.1, -0.05) is 44.2 Å². The van der Waals surface area contributed by atoms with E-state index in [2.05, 4.69) is 23.7 Å². The van der Waals surface area contributed by atoms with Crippen molar-refractivity contribution >= 4 is 17.6 Å². The number of hydrogen-bond acceptors (Lipinski definition) is 5. The van der Waals surface area contributed by atoms with Crippen LogP contribution in [0.1, 0.15) is 50.3 Å². The van der Waals surface area contributed by atoms with E-state index >= 15 is 0 Å². The second-order valence-corrected chi connectivity index (χ2v) is 11.0. The molecule has 1 aliphatic rings. The molecule has 1 amide bonds. The first-order valence-corrected chi connectivity index (χ1v) is 14.2. The number of halogens is 1. The third-order valence-electron chi connectivity index (χ3n) is 7.53. The molecule has 42 heavy (non-hydrogen) atoms. The van der Waals surface area contributed by atoms with Crippen molar-refractivity contribution in [2.75, 3.05) is 5.32 Å². The number of carbonyl (C=O) groups excluding carboxylic acids is 2. The Kier molecular flexibility index (Phi) is 8.73. The Morgan fingerprint density at radius 3 is 2.36 bits per heavy atom. The van der Waals surface area contributed by atoms with Crippen LogP contribution in [0.25, 0.3) is 22.4 Å². The van der Waals surface area contributed by atoms with Crippen LogP contribution in [0.4, 0.5) is 10.1 Å². The molecule has 8 heteroatoms. The highest BCUT2D eigenvalue weighted by atomic mass is 19.1. The molecule has 0 unspecified atom stereocenters. The first kappa shape index (κ1) is 29.1. The molecule has 0 saturated carbocycles. The molecule has 2 heterocycles. The SMILES string of the molecule is CC(C)c1c(CC(=O)Nc2ccc(O)cc2)c(-c2ccccc2)c(-c2ccc(F)cc2)n1CC[C@@H]1C[C@@H](O)CC(=O)O1. The van der Waals surface area contributed by atoms with E-state index in [4.69, 9.17) is 4.74 Å². The summed E-state index contributed by atoms with van der Waals surface area (Å²) in [6, 6.07) is 22.5. The molecule has 3 aromatic carbocycles. The molecular formula is C34H35FN2O5. The van der Waals surface area contributed by atoms with Crippen molar-refractivity contribution in [1.29, 1.82) is 0 Å². The van der Waals surface area contributed by atoms with Gasteiger partial charge in [-0.25, -0.2) is 4.39 Å². The zero-order chi connectivity index (χ0) is 29.8. The van der Waals surface area contributed by atoms with E-state index in [-0.39, 0.29) is 36.2 Å². The van der Waals surface area contributed by atoms with E-state index in [0.717, 1.165) is 33.6 Å². The molecule has 1 fully saturated rings. The maximum absolute atomic E-state index is 14.1. The molecule has 2 atom stereocenters. The van der Waals surface area contributed by atoms with Gasteiger partial charge in [0.15, 0.2) is 0 Å². The molecule has 7 nitrogen and oxygen atoms in total. The van der Waals surface area contributed by atoms with Gasteiger partial charge in [-0.15, -0.1) is 0 Å². The Morgan fingerprint density at radius 2 is 1.71 bits per heavy atom. The number of cyclic esters (lactones) is 1. The van der Waals surface area contributed by atoms with Gasteiger partial charge in [0, 0.05) is 36.3 Å². The summed E-state index contributed by atoms with van der Waals surface area (Å²) in [7, 11) is 0. The van der Waals surface area contributed by atoms with E-state index < -0.39 is 18.2 Å². The van der Waals surface area contributed by atoms with E-state index in [0.29, 0.717) is 25.1 Å². The molecule has 218 valence electrons. The van der Waals surface area contributed by atoms with E-state index in [1.807, 2.05) is 30.3 Å². The molecule has 1 aromatic heterocycles. The van der Waals surface area contributed by atoms with Gasteiger partial charge in [0.1, 0.15) is 17.7 Å². The number of aliphatic hydroxyl groups is 1. The van der Waals surface area contributed by atoms with Crippen molar-refractivity contribution in [2.45, 2.75) is 64.2 Å². The topological polar surface area (TPSA) is 101 Å². The second-order valence-electron chi connectivity index (χ2n) is 11.0. The third-order valence-corrected chi connectivity index (χ3v) is 7.53. The lowest BCUT2D eigenvalue weighted by Gasteiger charge is -2.27. The van der Waals surface area contributed by atoms with Crippen LogP contribution in [0.3, 0.4) is 0 Å². The third kappa shape index (κ3) is 6.55. The Morgan fingerprint density at radius 1 is 1.02 bits per heavy atom. The predicted molar refractivity (Wildman–Crippen MR) is 160 cm³/mol. The smallest absolute Gasteiger partial charge is 0.308 e. The standard InChI is InChI=1S/C34H35FN2O5/c1-21(2)33-29(20-30(40)36-25-12-14-26(38)15-13-25)32(22-6-4-3-5-7-22)34(23-8-10-24(35)11-9-23)37(33)17-16-28-18-27(39)19-31(41)42-28/h3-15,21,27-28,38-39H,16-20H2,1-2H3,(H,36,40)/t27-,28-/m1/s1. The Labute approximate surface area is 244 Å². The van der Waals surface area contributed by atoms with Crippen LogP contribution in [0.5, 0.6) is 5.75 Å². The van der Waals surface area contributed by atoms with Crippen molar-refractivity contribution in [2.24, 2.45) is 0 Å². The largest absolute Gasteiger partial charge is 0.508 e. The van der Waals surface area contributed by atoms with Crippen LogP contribution >= 0.6 is 0 Å². The fourth-order valence-corrected chi connectivity index (χ4v) is 5.81. The molecular weight excluding hydrogens is 535 g/mol. The highest BCUT2D eigenvalue weighted by Crippen LogP contribution is 2.43. The number of aliphatic hydroxyl groups excluding tert-OH is 1. The lowest BCUT2D eigenvalue weighted by molar-refractivity contribution is -0.160. The van der Waals surface area contributed by atoms with E-state index in [1.165, 1.54) is 24.3 Å². The average molecular weight is 571 g/mol. The Bertz CT molecular complexity index is 1550. The van der Waals surface area contributed by atoms with Crippen molar-refractivity contribution in [3.63, 3.8) is 0 Å². The monoisotopic (exact) mass is 570 g/mol. The number of aromatic nitrogens is 1. The normalized spacial score (nSPS) is 16.8. The number of ether oxygens (including phenoxy) is 1. The summed E-state index contributed by atoms with van der Waals surface area (Å²) in [5, 5.41) is 22.8. The molecule has 0 aliphatic carbocycles. The number of rotatable bonds is 9. The highest BCUT2D eigenvalue weighted by molar-refractivity contribution is 5.96. The van der Waals surface area contributed by atoms with Crippen molar-refractivity contribution in [3.8, 4) is 28.1 Å². The number of esters is 1. The number of nitrogens with zero attached hydrogens (tertiary/aromatic N) is 1. The van der Waals surface area contributed by atoms with Gasteiger partial charge in [-0.05, 0) is 71.1 Å². The van der Waals surface area contributed by atoms with Crippen LogP contribution in [-0.4, -0.2) is 38.9 Å². The summed E-state index contributed by atoms with van der Waals surface area (Å²) in [6.45, 7) is 4.60. The van der Waals surface area contributed by atoms with Crippen LogP contribution in [0.15, 0.2) is 78.9 Å². The zero-order valence-electron chi connectivity index (χ0n) is 23.7. The fourth-order valence-electron chi connectivity index (χ4n) is 5.81. The molecule has 3 N–H and O–H groups in total. The van der Waals surface area contributed by atoms with Gasteiger partial charge < -0.3 is 24.8 Å². The van der Waals surface area contributed by atoms with E-state index in [1.54, 1.807) is 24.3 Å². The molecule has 0 spiro atoms. The molecule has 4 aromatic rings. The van der Waals surface area contributed by atoms with Crippen molar-refractivity contribution in [3.05, 3.63) is 95.9 Å². The number of amides is 1. The summed E-state index contributed by atoms with van der Waals surface area (Å²) in [5.74, 6) is -0.854. The number of phenolic OH excluding ortho intramolecular Hbond substituents is 1. The number of carbonyl (C=O) groups is 2. The molecule has 1 aliphatic heterocycles. The highest BCUT2D eigenvalue weighted by Gasteiger charge is 2.30. The van der Waals surface area contributed by atoms with Gasteiger partial charge in [0.05, 0.1) is 24.6 Å². The number of benzene rings is 3. The first-order chi connectivity index (χ1) is 20.2. The number of anilines is 1. The summed E-state index contributed by atoms with van der Waals surface area (Å²) in [6.07, 6.45) is -0.262. The van der Waals surface area contributed by atoms with Gasteiger partial charge in [-0.3, -0.25) is 9.59 Å². The molecule has 1 saturated heterocycles. The van der Waals surface area contributed by atoms with Crippen LogP contribution in [0.2, 0.25) is 0 Å². The Balaban J connectivity index is 1.64. The minimum Gasteiger partial charge on any atom is -0.508 e. The first-order valence-electron chi connectivity index (χ1n) is 14.2. The summed E-state index contributed by atoms with van der Waals surface area (Å²) < 4.78 is 21.8. The van der Waals surface area contributed by atoms with Gasteiger partial charge >= 0.3 is 5.97 Å². The predicted octanol–water partition coefficient (Wildman–Crippen LogP) is 6.43. The van der Waals surface area contributed by atoms with Crippen molar-refractivity contribution in [1.82, 2.24) is 4.57 Å². The number of aromatic hydroxyl groups is 1. The van der Waals surface area contributed by atoms with E-state index in [9.17, 15) is 24.2 Å². The Hall–Kier alpha value is -4.43. The number of nitrogens with one attached hydrogen (secondary N) is 1. The van der Waals surface area contributed by atoms with Crippen LogP contribution in [-0.2, 0) is 27.3 Å². The number of hydrogen-bond donors (Lipinski definition) is 3. The summed E-state index contributed by atoms with van der Waals surface area (Å²) >= 11 is 0. The quantitative estimate of drug-likeness (QED) is 0.159. The average Bonchev–Trinajstić information content (AvgIpc) is 3.27. The second kappa shape index (κ2) is 12.6. The molecule has 5 rings (SSSR count). The lowest BCUT2D eigenvalue weighted by Crippen LogP contribution is -2.33. The minimum absolute atomic E-state index is 0.00343. The fraction of sp³-hybridized carbons (Fsp3) is 0.294. The van der Waals surface area contributed by atoms with Crippen LogP contribution in [0, 0.1) is 5.82 Å². The maximum Gasteiger partial charge on any atom is 0.308 e. The summed E-state index contributed by atoms with van der Waals surface area (Å²) in [4.78, 5) is 25.5. The molecule has 0 bridgehead atoms. The van der Waals surface area contributed by atoms with Gasteiger partial charge in [0.2, 0.25) is 5.91 Å². The molecule has 0 radical (unpaired) electrons. The van der Waals surface area contributed by atoms with Gasteiger partial charge in [0.25, 0.3) is 0 Å². The number of phenols is 1. The van der Waals surface area contributed by atoms with Crippen molar-refractivity contribution < 1.29 is 28.9 Å². The lowest BCUT2D eigenvalue weighted by atomic mass is 9.93. The van der Waals surface area contributed by atoms with Gasteiger partial charge in [-0.2, -0.15) is 0 Å². The van der Waals surface area contributed by atoms with Crippen LogP contribution < -0.4 is 5.32 Å². The maximum atomic E-state index is 14.1. The zero-order valence-corrected chi connectivity index (χ0v) is 23.7. The summed E-state index contributed by atoms with van der Waals surface area (Å²) in [5.41, 5.74) is 5.82. The minimum atomic E-state index is -0.735.